The second-order valence-electron chi connectivity index (χ2n) is 7.15. The number of carboxylic acid groups (broad SMARTS) is 1. The molecule has 1 heterocycles. The van der Waals surface area contributed by atoms with Crippen LogP contribution in [0.15, 0.2) is 30.3 Å². The Morgan fingerprint density at radius 3 is 2.24 bits per heavy atom. The quantitative estimate of drug-likeness (QED) is 0.550. The number of amides is 2. The van der Waals surface area contributed by atoms with Crippen LogP contribution in [-0.2, 0) is 19.8 Å². The highest BCUT2D eigenvalue weighted by molar-refractivity contribution is 6.02. The lowest BCUT2D eigenvalue weighted by molar-refractivity contribution is -0.140. The van der Waals surface area contributed by atoms with Crippen LogP contribution in [0.2, 0.25) is 0 Å². The van der Waals surface area contributed by atoms with Gasteiger partial charge in [0.05, 0.1) is 0 Å². The van der Waals surface area contributed by atoms with Crippen LogP contribution in [0, 0.1) is 5.92 Å². The van der Waals surface area contributed by atoms with Gasteiger partial charge in [0.15, 0.2) is 0 Å². The monoisotopic (exact) mass is 345 g/mol. The van der Waals surface area contributed by atoms with Gasteiger partial charge in [0, 0.05) is 31.2 Å². The molecule has 1 aromatic carbocycles. The molecule has 0 saturated carbocycles. The summed E-state index contributed by atoms with van der Waals surface area (Å²) < 4.78 is 0. The number of unbranched alkanes of at least 4 members (excludes halogenated alkanes) is 1. The maximum atomic E-state index is 12.2. The van der Waals surface area contributed by atoms with Crippen molar-refractivity contribution in [2.75, 3.05) is 6.54 Å². The molecule has 1 aliphatic heterocycles. The Hall–Kier alpha value is -2.17. The Morgan fingerprint density at radius 1 is 1.12 bits per heavy atom. The van der Waals surface area contributed by atoms with Gasteiger partial charge < -0.3 is 5.11 Å². The van der Waals surface area contributed by atoms with E-state index in [4.69, 9.17) is 5.11 Å². The van der Waals surface area contributed by atoms with Crippen molar-refractivity contribution in [2.24, 2.45) is 5.92 Å². The third-order valence-corrected chi connectivity index (χ3v) is 5.31. The number of imide groups is 1. The lowest BCUT2D eigenvalue weighted by Gasteiger charge is -2.41. The van der Waals surface area contributed by atoms with E-state index in [1.54, 1.807) is 0 Å². The number of nitrogens with zero attached hydrogens (tertiary/aromatic N) is 1. The number of hydrogen-bond donors (Lipinski definition) is 1. The molecule has 1 aromatic rings. The SMILES string of the molecule is CC(C)C(CCCCC(=O)O)(CN1C(=O)CCC1=O)c1ccccc1. The van der Waals surface area contributed by atoms with Gasteiger partial charge in [-0.3, -0.25) is 19.3 Å². The minimum Gasteiger partial charge on any atom is -0.481 e. The van der Waals surface area contributed by atoms with Crippen molar-refractivity contribution >= 4 is 17.8 Å². The molecule has 1 unspecified atom stereocenters. The summed E-state index contributed by atoms with van der Waals surface area (Å²) in [5.41, 5.74) is 0.753. The molecule has 0 aromatic heterocycles. The van der Waals surface area contributed by atoms with Crippen LogP contribution in [0.4, 0.5) is 0 Å². The van der Waals surface area contributed by atoms with Gasteiger partial charge in [-0.1, -0.05) is 50.6 Å². The number of benzene rings is 1. The van der Waals surface area contributed by atoms with Crippen LogP contribution < -0.4 is 0 Å². The molecule has 0 aliphatic carbocycles. The Kier molecular flexibility index (Phi) is 6.34. The summed E-state index contributed by atoms with van der Waals surface area (Å²) in [7, 11) is 0. The molecule has 5 nitrogen and oxygen atoms in total. The third kappa shape index (κ3) is 4.47. The summed E-state index contributed by atoms with van der Waals surface area (Å²) in [5.74, 6) is -0.784. The molecule has 2 amide bonds. The number of aliphatic carboxylic acids is 1. The van der Waals surface area contributed by atoms with Crippen LogP contribution in [0.1, 0.15) is 57.9 Å². The number of carbonyl (C=O) groups excluding carboxylic acids is 2. The van der Waals surface area contributed by atoms with Crippen molar-refractivity contribution in [3.05, 3.63) is 35.9 Å². The standard InChI is InChI=1S/C20H27NO4/c1-15(2)20(13-7-6-10-19(24)25,16-8-4-3-5-9-16)14-21-17(22)11-12-18(21)23/h3-5,8-9,15H,6-7,10-14H2,1-2H3,(H,24,25). The molecule has 1 fully saturated rings. The van der Waals surface area contributed by atoms with E-state index in [-0.39, 0.29) is 29.6 Å². The highest BCUT2D eigenvalue weighted by Gasteiger charge is 2.41. The van der Waals surface area contributed by atoms with Gasteiger partial charge in [0.1, 0.15) is 0 Å². The first-order chi connectivity index (χ1) is 11.9. The van der Waals surface area contributed by atoms with Crippen molar-refractivity contribution in [2.45, 2.75) is 57.8 Å². The Balaban J connectivity index is 2.29. The fourth-order valence-corrected chi connectivity index (χ4v) is 3.69. The summed E-state index contributed by atoms with van der Waals surface area (Å²) in [4.78, 5) is 36.5. The average Bonchev–Trinajstić information content (AvgIpc) is 2.89. The Labute approximate surface area is 149 Å². The van der Waals surface area contributed by atoms with Gasteiger partial charge >= 0.3 is 5.97 Å². The van der Waals surface area contributed by atoms with Crippen LogP contribution in [0.3, 0.4) is 0 Å². The molecule has 1 N–H and O–H groups in total. The Bertz CT molecular complexity index is 610. The van der Waals surface area contributed by atoms with Gasteiger partial charge in [-0.15, -0.1) is 0 Å². The van der Waals surface area contributed by atoms with Gasteiger partial charge in [0.2, 0.25) is 11.8 Å². The summed E-state index contributed by atoms with van der Waals surface area (Å²) in [6, 6.07) is 9.98. The largest absolute Gasteiger partial charge is 0.481 e. The summed E-state index contributed by atoms with van der Waals surface area (Å²) in [6.45, 7) is 4.59. The zero-order valence-corrected chi connectivity index (χ0v) is 15.0. The fourth-order valence-electron chi connectivity index (χ4n) is 3.69. The molecule has 1 atom stereocenters. The maximum Gasteiger partial charge on any atom is 0.303 e. The molecule has 1 saturated heterocycles. The van der Waals surface area contributed by atoms with Crippen LogP contribution in [-0.4, -0.2) is 34.3 Å². The Morgan fingerprint density at radius 2 is 1.72 bits per heavy atom. The number of likely N-dealkylation sites (tertiary alicyclic amines) is 1. The van der Waals surface area contributed by atoms with E-state index in [1.165, 1.54) is 4.90 Å². The van der Waals surface area contributed by atoms with E-state index in [0.717, 1.165) is 18.4 Å². The van der Waals surface area contributed by atoms with Crippen LogP contribution in [0.5, 0.6) is 0 Å². The third-order valence-electron chi connectivity index (χ3n) is 5.31. The molecule has 25 heavy (non-hydrogen) atoms. The van der Waals surface area contributed by atoms with Crippen molar-refractivity contribution in [1.29, 1.82) is 0 Å². The number of hydrogen-bond acceptors (Lipinski definition) is 3. The molecule has 136 valence electrons. The predicted molar refractivity (Wildman–Crippen MR) is 95.0 cm³/mol. The molecular formula is C20H27NO4. The first kappa shape index (κ1) is 19.2. The first-order valence-corrected chi connectivity index (χ1v) is 8.97. The predicted octanol–water partition coefficient (Wildman–Crippen LogP) is 3.37. The summed E-state index contributed by atoms with van der Waals surface area (Å²) in [6.07, 6.45) is 2.82. The van der Waals surface area contributed by atoms with Gasteiger partial charge in [-0.25, -0.2) is 0 Å². The van der Waals surface area contributed by atoms with E-state index in [2.05, 4.69) is 13.8 Å². The highest BCUT2D eigenvalue weighted by Crippen LogP contribution is 2.39. The van der Waals surface area contributed by atoms with E-state index in [9.17, 15) is 14.4 Å². The van der Waals surface area contributed by atoms with Crippen LogP contribution in [0.25, 0.3) is 0 Å². The van der Waals surface area contributed by atoms with Gasteiger partial charge in [-0.05, 0) is 24.3 Å². The summed E-state index contributed by atoms with van der Waals surface area (Å²) >= 11 is 0. The van der Waals surface area contributed by atoms with Crippen molar-refractivity contribution in [1.82, 2.24) is 4.90 Å². The average molecular weight is 345 g/mol. The highest BCUT2D eigenvalue weighted by atomic mass is 16.4. The molecule has 1 aliphatic rings. The molecule has 0 bridgehead atoms. The minimum absolute atomic E-state index is 0.100. The molecule has 0 spiro atoms. The number of rotatable bonds is 9. The molecule has 0 radical (unpaired) electrons. The number of carboxylic acids is 1. The van der Waals surface area contributed by atoms with E-state index < -0.39 is 5.97 Å². The fraction of sp³-hybridized carbons (Fsp3) is 0.550. The van der Waals surface area contributed by atoms with Crippen molar-refractivity contribution in [3.63, 3.8) is 0 Å². The van der Waals surface area contributed by atoms with Crippen LogP contribution >= 0.6 is 0 Å². The maximum absolute atomic E-state index is 12.2. The second-order valence-corrected chi connectivity index (χ2v) is 7.15. The topological polar surface area (TPSA) is 74.7 Å². The lowest BCUT2D eigenvalue weighted by atomic mass is 9.68. The zero-order chi connectivity index (χ0) is 18.4. The van der Waals surface area contributed by atoms with Crippen molar-refractivity contribution < 1.29 is 19.5 Å². The zero-order valence-electron chi connectivity index (χ0n) is 15.0. The lowest BCUT2D eigenvalue weighted by Crippen LogP contribution is -2.46. The molecular weight excluding hydrogens is 318 g/mol. The van der Waals surface area contributed by atoms with E-state index >= 15 is 0 Å². The minimum atomic E-state index is -0.792. The normalized spacial score (nSPS) is 17.2. The van der Waals surface area contributed by atoms with Gasteiger partial charge in [0.25, 0.3) is 0 Å². The van der Waals surface area contributed by atoms with Crippen molar-refractivity contribution in [3.8, 4) is 0 Å². The van der Waals surface area contributed by atoms with E-state index in [0.29, 0.717) is 25.8 Å². The summed E-state index contributed by atoms with van der Waals surface area (Å²) in [5, 5.41) is 8.87. The van der Waals surface area contributed by atoms with E-state index in [1.807, 2.05) is 30.3 Å². The molecule has 2 rings (SSSR count). The second kappa shape index (κ2) is 8.28. The smallest absolute Gasteiger partial charge is 0.303 e. The molecule has 5 heteroatoms. The number of carbonyl (C=O) groups is 3. The first-order valence-electron chi connectivity index (χ1n) is 8.97. The van der Waals surface area contributed by atoms with Gasteiger partial charge in [-0.2, -0.15) is 0 Å².